The minimum Gasteiger partial charge on any atom is -0.459 e. The molecule has 3 aromatic rings. The van der Waals surface area contributed by atoms with Crippen molar-refractivity contribution in [1.29, 1.82) is 0 Å². The van der Waals surface area contributed by atoms with Gasteiger partial charge in [0.25, 0.3) is 5.91 Å². The summed E-state index contributed by atoms with van der Waals surface area (Å²) in [5.74, 6) is -0.559. The van der Waals surface area contributed by atoms with E-state index in [4.69, 9.17) is 4.74 Å². The number of carbonyl (C=O) groups excluding carboxylic acids is 2. The van der Waals surface area contributed by atoms with Crippen LogP contribution in [0.4, 0.5) is 5.69 Å². The number of nitrogens with one attached hydrogen (secondary N) is 1. The van der Waals surface area contributed by atoms with Crippen LogP contribution in [0.5, 0.6) is 0 Å². The monoisotopic (exact) mass is 333 g/mol. The zero-order valence-electron chi connectivity index (χ0n) is 14.2. The van der Waals surface area contributed by atoms with Gasteiger partial charge < -0.3 is 10.1 Å². The lowest BCUT2D eigenvalue weighted by Gasteiger charge is -2.10. The molecule has 0 aliphatic heterocycles. The van der Waals surface area contributed by atoms with E-state index in [0.29, 0.717) is 16.8 Å². The van der Waals surface area contributed by atoms with Gasteiger partial charge >= 0.3 is 5.97 Å². The molecule has 4 nitrogen and oxygen atoms in total. The molecule has 4 heteroatoms. The maximum atomic E-state index is 12.6. The normalized spacial score (nSPS) is 10.7. The summed E-state index contributed by atoms with van der Waals surface area (Å²) in [7, 11) is 0. The molecule has 0 saturated heterocycles. The van der Waals surface area contributed by atoms with Gasteiger partial charge in [0.15, 0.2) is 0 Å². The van der Waals surface area contributed by atoms with E-state index < -0.39 is 0 Å². The number of benzene rings is 3. The standard InChI is InChI=1S/C21H19NO3/c1-14(2)25-21(24)16-10-12-17(13-11-16)22-20(23)19-9-5-7-15-6-3-4-8-18(15)19/h3-14H,1-2H3,(H,22,23). The molecule has 25 heavy (non-hydrogen) atoms. The first-order valence-corrected chi connectivity index (χ1v) is 8.15. The molecule has 3 aromatic carbocycles. The van der Waals surface area contributed by atoms with Crippen molar-refractivity contribution in [3.8, 4) is 0 Å². The Morgan fingerprint density at radius 3 is 2.28 bits per heavy atom. The fourth-order valence-corrected chi connectivity index (χ4v) is 2.59. The van der Waals surface area contributed by atoms with E-state index in [-0.39, 0.29) is 18.0 Å². The second kappa shape index (κ2) is 7.18. The van der Waals surface area contributed by atoms with E-state index in [1.165, 1.54) is 0 Å². The first kappa shape index (κ1) is 16.7. The van der Waals surface area contributed by atoms with Crippen molar-refractivity contribution >= 4 is 28.3 Å². The highest BCUT2D eigenvalue weighted by molar-refractivity contribution is 6.13. The molecule has 0 saturated carbocycles. The first-order valence-electron chi connectivity index (χ1n) is 8.15. The Morgan fingerprint density at radius 2 is 1.56 bits per heavy atom. The van der Waals surface area contributed by atoms with E-state index in [1.54, 1.807) is 44.2 Å². The summed E-state index contributed by atoms with van der Waals surface area (Å²) in [6, 6.07) is 20.1. The van der Waals surface area contributed by atoms with Crippen LogP contribution in [0.25, 0.3) is 10.8 Å². The van der Waals surface area contributed by atoms with E-state index in [0.717, 1.165) is 10.8 Å². The summed E-state index contributed by atoms with van der Waals surface area (Å²) in [5, 5.41) is 4.78. The lowest BCUT2D eigenvalue weighted by molar-refractivity contribution is 0.0378. The summed E-state index contributed by atoms with van der Waals surface area (Å²) in [6.07, 6.45) is -0.168. The molecular formula is C21H19NO3. The Kier molecular flexibility index (Phi) is 4.80. The molecule has 3 rings (SSSR count). The van der Waals surface area contributed by atoms with Crippen LogP contribution in [0.3, 0.4) is 0 Å². The fraction of sp³-hybridized carbons (Fsp3) is 0.143. The number of anilines is 1. The Balaban J connectivity index is 1.78. The average molecular weight is 333 g/mol. The summed E-state index contributed by atoms with van der Waals surface area (Å²) < 4.78 is 5.15. The third kappa shape index (κ3) is 3.86. The van der Waals surface area contributed by atoms with Crippen molar-refractivity contribution in [3.05, 3.63) is 77.9 Å². The molecule has 0 bridgehead atoms. The minimum absolute atomic E-state index is 0.168. The van der Waals surface area contributed by atoms with Gasteiger partial charge in [-0.15, -0.1) is 0 Å². The molecule has 0 aromatic heterocycles. The largest absolute Gasteiger partial charge is 0.459 e. The lowest BCUT2D eigenvalue weighted by atomic mass is 10.0. The number of fused-ring (bicyclic) bond motifs is 1. The van der Waals surface area contributed by atoms with Crippen LogP contribution < -0.4 is 5.32 Å². The summed E-state index contributed by atoms with van der Waals surface area (Å²) >= 11 is 0. The molecule has 1 N–H and O–H groups in total. The molecule has 0 aliphatic rings. The average Bonchev–Trinajstić information content (AvgIpc) is 2.61. The highest BCUT2D eigenvalue weighted by atomic mass is 16.5. The number of carbonyl (C=O) groups is 2. The third-order valence-corrected chi connectivity index (χ3v) is 3.76. The van der Waals surface area contributed by atoms with Crippen LogP contribution in [-0.4, -0.2) is 18.0 Å². The fourth-order valence-electron chi connectivity index (χ4n) is 2.59. The highest BCUT2D eigenvalue weighted by Crippen LogP contribution is 2.20. The molecule has 0 radical (unpaired) electrons. The van der Waals surface area contributed by atoms with Crippen LogP contribution >= 0.6 is 0 Å². The van der Waals surface area contributed by atoms with Crippen molar-refractivity contribution in [2.24, 2.45) is 0 Å². The van der Waals surface area contributed by atoms with Crippen molar-refractivity contribution in [2.75, 3.05) is 5.32 Å². The van der Waals surface area contributed by atoms with Gasteiger partial charge in [-0.25, -0.2) is 4.79 Å². The maximum Gasteiger partial charge on any atom is 0.338 e. The number of ether oxygens (including phenoxy) is 1. The van der Waals surface area contributed by atoms with Crippen LogP contribution in [0.2, 0.25) is 0 Å². The molecule has 0 fully saturated rings. The van der Waals surface area contributed by atoms with Gasteiger partial charge in [-0.05, 0) is 55.0 Å². The molecular weight excluding hydrogens is 314 g/mol. The van der Waals surface area contributed by atoms with E-state index >= 15 is 0 Å². The molecule has 0 atom stereocenters. The van der Waals surface area contributed by atoms with Crippen molar-refractivity contribution in [2.45, 2.75) is 20.0 Å². The van der Waals surface area contributed by atoms with E-state index in [2.05, 4.69) is 5.32 Å². The van der Waals surface area contributed by atoms with Crippen LogP contribution in [-0.2, 0) is 4.74 Å². The Hall–Kier alpha value is -3.14. The smallest absolute Gasteiger partial charge is 0.338 e. The Morgan fingerprint density at radius 1 is 0.880 bits per heavy atom. The van der Waals surface area contributed by atoms with Crippen molar-refractivity contribution < 1.29 is 14.3 Å². The number of amides is 1. The topological polar surface area (TPSA) is 55.4 Å². The molecule has 1 amide bonds. The number of esters is 1. The third-order valence-electron chi connectivity index (χ3n) is 3.76. The summed E-state index contributed by atoms with van der Waals surface area (Å²) in [6.45, 7) is 3.60. The van der Waals surface area contributed by atoms with Crippen LogP contribution in [0.1, 0.15) is 34.6 Å². The van der Waals surface area contributed by atoms with E-state index in [9.17, 15) is 9.59 Å². The van der Waals surface area contributed by atoms with Gasteiger partial charge in [-0.1, -0.05) is 36.4 Å². The molecule has 0 spiro atoms. The summed E-state index contributed by atoms with van der Waals surface area (Å²) in [5.41, 5.74) is 1.69. The molecule has 126 valence electrons. The molecule has 0 aliphatic carbocycles. The summed E-state index contributed by atoms with van der Waals surface area (Å²) in [4.78, 5) is 24.4. The minimum atomic E-state index is -0.373. The zero-order chi connectivity index (χ0) is 17.8. The number of rotatable bonds is 4. The van der Waals surface area contributed by atoms with Crippen LogP contribution in [0, 0.1) is 0 Å². The van der Waals surface area contributed by atoms with Gasteiger partial charge in [0.2, 0.25) is 0 Å². The SMILES string of the molecule is CC(C)OC(=O)c1ccc(NC(=O)c2cccc3ccccc23)cc1. The highest BCUT2D eigenvalue weighted by Gasteiger charge is 2.12. The van der Waals surface area contributed by atoms with Gasteiger partial charge in [0.1, 0.15) is 0 Å². The van der Waals surface area contributed by atoms with Gasteiger partial charge in [0.05, 0.1) is 11.7 Å². The van der Waals surface area contributed by atoms with Gasteiger partial charge in [-0.2, -0.15) is 0 Å². The zero-order valence-corrected chi connectivity index (χ0v) is 14.2. The maximum absolute atomic E-state index is 12.6. The quantitative estimate of drug-likeness (QED) is 0.707. The van der Waals surface area contributed by atoms with Gasteiger partial charge in [-0.3, -0.25) is 4.79 Å². The predicted octanol–water partition coefficient (Wildman–Crippen LogP) is 4.66. The predicted molar refractivity (Wildman–Crippen MR) is 98.9 cm³/mol. The van der Waals surface area contributed by atoms with Crippen molar-refractivity contribution in [3.63, 3.8) is 0 Å². The second-order valence-electron chi connectivity index (χ2n) is 6.01. The van der Waals surface area contributed by atoms with Crippen LogP contribution in [0.15, 0.2) is 66.7 Å². The second-order valence-corrected chi connectivity index (χ2v) is 6.01. The van der Waals surface area contributed by atoms with Gasteiger partial charge in [0, 0.05) is 11.3 Å². The molecule has 0 heterocycles. The number of hydrogen-bond acceptors (Lipinski definition) is 3. The number of hydrogen-bond donors (Lipinski definition) is 1. The first-order chi connectivity index (χ1) is 12.0. The van der Waals surface area contributed by atoms with Crippen molar-refractivity contribution in [1.82, 2.24) is 0 Å². The Bertz CT molecular complexity index is 909. The molecule has 0 unspecified atom stereocenters. The lowest BCUT2D eigenvalue weighted by Crippen LogP contribution is -2.13. The van der Waals surface area contributed by atoms with E-state index in [1.807, 2.05) is 36.4 Å². The Labute approximate surface area is 146 Å².